The van der Waals surface area contributed by atoms with E-state index >= 15 is 0 Å². The molecule has 1 saturated carbocycles. The van der Waals surface area contributed by atoms with E-state index in [0.29, 0.717) is 16.5 Å². The number of carboxylic acids is 1. The molecule has 1 N–H and O–H groups in total. The van der Waals surface area contributed by atoms with Crippen molar-refractivity contribution in [2.75, 3.05) is 38.1 Å². The van der Waals surface area contributed by atoms with Crippen LogP contribution in [0.25, 0.3) is 11.0 Å². The van der Waals surface area contributed by atoms with Gasteiger partial charge in [-0.25, -0.2) is 9.78 Å². The van der Waals surface area contributed by atoms with E-state index in [1.807, 2.05) is 4.57 Å². The van der Waals surface area contributed by atoms with Crippen LogP contribution >= 0.6 is 11.6 Å². The van der Waals surface area contributed by atoms with Gasteiger partial charge < -0.3 is 19.5 Å². The predicted octanol–water partition coefficient (Wildman–Crippen LogP) is 1.83. The second-order valence-electron chi connectivity index (χ2n) is 6.77. The lowest BCUT2D eigenvalue weighted by atomic mass is 10.2. The molecule has 2 aromatic heterocycles. The van der Waals surface area contributed by atoms with Crippen molar-refractivity contribution in [3.05, 3.63) is 33.1 Å². The Hall–Kier alpha value is -2.12. The van der Waals surface area contributed by atoms with E-state index in [9.17, 15) is 14.7 Å². The summed E-state index contributed by atoms with van der Waals surface area (Å²) in [5, 5.41) is 9.99. The van der Waals surface area contributed by atoms with Gasteiger partial charge in [0, 0.05) is 38.4 Å². The number of piperazine rings is 1. The molecule has 0 atom stereocenters. The molecular weight excluding hydrogens is 344 g/mol. The molecular formula is C17H19ClN4O3. The second kappa shape index (κ2) is 6.00. The molecule has 1 aliphatic carbocycles. The monoisotopic (exact) mass is 362 g/mol. The molecule has 8 heteroatoms. The summed E-state index contributed by atoms with van der Waals surface area (Å²) in [4.78, 5) is 33.0. The molecule has 25 heavy (non-hydrogen) atoms. The number of pyridine rings is 2. The molecule has 4 rings (SSSR count). The Labute approximate surface area is 149 Å². The van der Waals surface area contributed by atoms with E-state index in [1.54, 1.807) is 6.07 Å². The minimum absolute atomic E-state index is 0.204. The Balaban J connectivity index is 1.90. The van der Waals surface area contributed by atoms with Crippen LogP contribution in [0.15, 0.2) is 17.1 Å². The van der Waals surface area contributed by atoms with Gasteiger partial charge >= 0.3 is 5.97 Å². The van der Waals surface area contributed by atoms with Crippen molar-refractivity contribution < 1.29 is 9.90 Å². The summed E-state index contributed by atoms with van der Waals surface area (Å²) < 4.78 is 1.83. The molecule has 2 aromatic rings. The number of fused-ring (bicyclic) bond motifs is 1. The first-order valence-corrected chi connectivity index (χ1v) is 8.75. The van der Waals surface area contributed by atoms with Crippen LogP contribution in [-0.4, -0.2) is 58.8 Å². The number of likely N-dealkylation sites (N-methyl/N-ethyl adjacent to an activating group) is 1. The van der Waals surface area contributed by atoms with Gasteiger partial charge in [-0.3, -0.25) is 4.79 Å². The number of aromatic nitrogens is 2. The van der Waals surface area contributed by atoms with Gasteiger partial charge in [-0.05, 0) is 26.0 Å². The Morgan fingerprint density at radius 3 is 2.56 bits per heavy atom. The van der Waals surface area contributed by atoms with E-state index in [0.717, 1.165) is 39.0 Å². The molecule has 2 aliphatic rings. The summed E-state index contributed by atoms with van der Waals surface area (Å²) in [5.74, 6) is -0.556. The maximum Gasteiger partial charge on any atom is 0.341 e. The quantitative estimate of drug-likeness (QED) is 0.897. The summed E-state index contributed by atoms with van der Waals surface area (Å²) in [6.45, 7) is 3.47. The SMILES string of the molecule is CN1CCN(c2nc3c(cc2Cl)c(=O)c(C(=O)O)cn3C2CC2)CC1. The molecule has 1 aliphatic heterocycles. The highest BCUT2D eigenvalue weighted by Crippen LogP contribution is 2.37. The van der Waals surface area contributed by atoms with E-state index in [1.165, 1.54) is 6.20 Å². The van der Waals surface area contributed by atoms with Crippen LogP contribution in [0, 0.1) is 0 Å². The van der Waals surface area contributed by atoms with Crippen LogP contribution < -0.4 is 10.3 Å². The molecule has 0 spiro atoms. The summed E-state index contributed by atoms with van der Waals surface area (Å²) in [6, 6.07) is 1.78. The molecule has 3 heterocycles. The highest BCUT2D eigenvalue weighted by Gasteiger charge is 2.28. The summed E-state index contributed by atoms with van der Waals surface area (Å²) in [7, 11) is 2.07. The van der Waals surface area contributed by atoms with E-state index in [2.05, 4.69) is 16.8 Å². The third-order valence-electron chi connectivity index (χ3n) is 4.91. The lowest BCUT2D eigenvalue weighted by Crippen LogP contribution is -2.45. The molecule has 2 fully saturated rings. The van der Waals surface area contributed by atoms with Crippen LogP contribution in [0.1, 0.15) is 29.2 Å². The Morgan fingerprint density at radius 2 is 1.96 bits per heavy atom. The van der Waals surface area contributed by atoms with Gasteiger partial charge in [-0.2, -0.15) is 0 Å². The van der Waals surface area contributed by atoms with Gasteiger partial charge in [-0.1, -0.05) is 11.6 Å². The molecule has 0 bridgehead atoms. The number of carboxylic acid groups (broad SMARTS) is 1. The number of halogens is 1. The van der Waals surface area contributed by atoms with Crippen LogP contribution in [0.2, 0.25) is 5.02 Å². The Kier molecular flexibility index (Phi) is 3.92. The van der Waals surface area contributed by atoms with Gasteiger partial charge in [0.2, 0.25) is 5.43 Å². The topological polar surface area (TPSA) is 78.7 Å². The number of hydrogen-bond donors (Lipinski definition) is 1. The normalized spacial score (nSPS) is 18.7. The van der Waals surface area contributed by atoms with Crippen molar-refractivity contribution in [2.45, 2.75) is 18.9 Å². The van der Waals surface area contributed by atoms with Crippen molar-refractivity contribution in [1.29, 1.82) is 0 Å². The summed E-state index contributed by atoms with van der Waals surface area (Å²) in [5.41, 5.74) is -0.237. The van der Waals surface area contributed by atoms with Crippen LogP contribution in [-0.2, 0) is 0 Å². The molecule has 7 nitrogen and oxygen atoms in total. The van der Waals surface area contributed by atoms with Crippen molar-refractivity contribution >= 4 is 34.4 Å². The van der Waals surface area contributed by atoms with Crippen LogP contribution in [0.3, 0.4) is 0 Å². The smallest absolute Gasteiger partial charge is 0.341 e. The maximum atomic E-state index is 12.5. The number of carbonyl (C=O) groups is 1. The molecule has 0 radical (unpaired) electrons. The van der Waals surface area contributed by atoms with Crippen molar-refractivity contribution in [2.24, 2.45) is 0 Å². The van der Waals surface area contributed by atoms with Gasteiger partial charge in [0.1, 0.15) is 17.0 Å². The third kappa shape index (κ3) is 2.87. The first-order valence-electron chi connectivity index (χ1n) is 8.38. The highest BCUT2D eigenvalue weighted by atomic mass is 35.5. The average molecular weight is 363 g/mol. The molecule has 0 aromatic carbocycles. The minimum atomic E-state index is -1.22. The van der Waals surface area contributed by atoms with E-state index in [-0.39, 0.29) is 17.0 Å². The van der Waals surface area contributed by atoms with Crippen molar-refractivity contribution in [1.82, 2.24) is 14.5 Å². The Morgan fingerprint density at radius 1 is 1.28 bits per heavy atom. The van der Waals surface area contributed by atoms with Gasteiger partial charge in [-0.15, -0.1) is 0 Å². The lowest BCUT2D eigenvalue weighted by molar-refractivity contribution is 0.0695. The number of hydrogen-bond acceptors (Lipinski definition) is 5. The fourth-order valence-electron chi connectivity index (χ4n) is 3.26. The lowest BCUT2D eigenvalue weighted by Gasteiger charge is -2.33. The number of anilines is 1. The van der Waals surface area contributed by atoms with Crippen molar-refractivity contribution in [3.8, 4) is 0 Å². The molecule has 132 valence electrons. The summed E-state index contributed by atoms with van der Waals surface area (Å²) >= 11 is 6.41. The highest BCUT2D eigenvalue weighted by molar-refractivity contribution is 6.33. The first kappa shape index (κ1) is 16.4. The maximum absolute atomic E-state index is 12.5. The zero-order valence-electron chi connectivity index (χ0n) is 13.9. The summed E-state index contributed by atoms with van der Waals surface area (Å²) in [6.07, 6.45) is 3.36. The third-order valence-corrected chi connectivity index (χ3v) is 5.19. The predicted molar refractivity (Wildman–Crippen MR) is 96.0 cm³/mol. The van der Waals surface area contributed by atoms with Crippen LogP contribution in [0.5, 0.6) is 0 Å². The zero-order valence-corrected chi connectivity index (χ0v) is 14.7. The second-order valence-corrected chi connectivity index (χ2v) is 7.18. The van der Waals surface area contributed by atoms with E-state index in [4.69, 9.17) is 16.6 Å². The molecule has 0 unspecified atom stereocenters. The fourth-order valence-corrected chi connectivity index (χ4v) is 3.53. The fraction of sp³-hybridized carbons (Fsp3) is 0.471. The minimum Gasteiger partial charge on any atom is -0.477 e. The number of rotatable bonds is 3. The molecule has 0 amide bonds. The molecule has 1 saturated heterocycles. The number of nitrogens with zero attached hydrogens (tertiary/aromatic N) is 4. The Bertz CT molecular complexity index is 914. The zero-order chi connectivity index (χ0) is 17.7. The van der Waals surface area contributed by atoms with Crippen LogP contribution in [0.4, 0.5) is 5.82 Å². The largest absolute Gasteiger partial charge is 0.477 e. The standard InChI is InChI=1S/C17H19ClN4O3/c1-20-4-6-21(7-5-20)16-13(18)8-11-14(23)12(17(24)25)9-22(10-2-3-10)15(11)19-16/h8-10H,2-7H2,1H3,(H,24,25). The number of aromatic carboxylic acids is 1. The average Bonchev–Trinajstić information content (AvgIpc) is 3.41. The van der Waals surface area contributed by atoms with Gasteiger partial charge in [0.15, 0.2) is 0 Å². The first-order chi connectivity index (χ1) is 12.0. The van der Waals surface area contributed by atoms with E-state index < -0.39 is 11.4 Å². The van der Waals surface area contributed by atoms with Gasteiger partial charge in [0.05, 0.1) is 10.4 Å². The van der Waals surface area contributed by atoms with Crippen molar-refractivity contribution in [3.63, 3.8) is 0 Å². The van der Waals surface area contributed by atoms with Gasteiger partial charge in [0.25, 0.3) is 0 Å².